The van der Waals surface area contributed by atoms with Gasteiger partial charge in [-0.15, -0.1) is 10.2 Å². The van der Waals surface area contributed by atoms with Crippen molar-refractivity contribution in [2.45, 2.75) is 38.0 Å². The Morgan fingerprint density at radius 2 is 2.04 bits per heavy atom. The summed E-state index contributed by atoms with van der Waals surface area (Å²) in [5.74, 6) is 1.53. The number of rotatable bonds is 4. The van der Waals surface area contributed by atoms with E-state index in [2.05, 4.69) is 22.0 Å². The highest BCUT2D eigenvalue weighted by molar-refractivity contribution is 7.89. The summed E-state index contributed by atoms with van der Waals surface area (Å²) >= 11 is 0. The fraction of sp³-hybridized carbons (Fsp3) is 0.444. The van der Waals surface area contributed by atoms with Crippen molar-refractivity contribution in [3.05, 3.63) is 35.9 Å². The van der Waals surface area contributed by atoms with Crippen molar-refractivity contribution < 1.29 is 8.42 Å². The van der Waals surface area contributed by atoms with Crippen molar-refractivity contribution in [1.29, 1.82) is 0 Å². The van der Waals surface area contributed by atoms with Crippen molar-refractivity contribution in [3.63, 3.8) is 0 Å². The second kappa shape index (κ2) is 7.09. The summed E-state index contributed by atoms with van der Waals surface area (Å²) in [6.45, 7) is 6.14. The van der Waals surface area contributed by atoms with E-state index in [0.717, 1.165) is 18.9 Å². The van der Waals surface area contributed by atoms with Gasteiger partial charge in [0.2, 0.25) is 10.0 Å². The fourth-order valence-corrected chi connectivity index (χ4v) is 4.19. The summed E-state index contributed by atoms with van der Waals surface area (Å²) in [4.78, 5) is 2.41. The molecule has 6 nitrogen and oxygen atoms in total. The van der Waals surface area contributed by atoms with Gasteiger partial charge in [-0.05, 0) is 48.9 Å². The van der Waals surface area contributed by atoms with Crippen LogP contribution in [0.2, 0.25) is 0 Å². The molecule has 0 amide bonds. The number of primary sulfonamides is 1. The normalized spacial score (nSPS) is 18.4. The molecule has 25 heavy (non-hydrogen) atoms. The molecule has 0 radical (unpaired) electrons. The third-order valence-corrected chi connectivity index (χ3v) is 5.67. The number of piperidine rings is 1. The first-order valence-corrected chi connectivity index (χ1v) is 10.2. The number of benzene rings is 1. The topological polar surface area (TPSA) is 89.2 Å². The first-order chi connectivity index (χ1) is 11.9. The minimum atomic E-state index is -3.76. The lowest BCUT2D eigenvalue weighted by atomic mass is 10.0. The average Bonchev–Trinajstić information content (AvgIpc) is 2.60. The molecular formula is C18H24N4O2S. The van der Waals surface area contributed by atoms with Crippen LogP contribution in [-0.2, 0) is 16.4 Å². The van der Waals surface area contributed by atoms with Gasteiger partial charge in [-0.2, -0.15) is 0 Å². The molecule has 7 heteroatoms. The van der Waals surface area contributed by atoms with Crippen LogP contribution in [0.5, 0.6) is 0 Å². The maximum absolute atomic E-state index is 11.8. The zero-order valence-corrected chi connectivity index (χ0v) is 15.5. The first kappa shape index (κ1) is 17.8. The molecule has 134 valence electrons. The van der Waals surface area contributed by atoms with E-state index in [1.54, 1.807) is 12.1 Å². The molecule has 0 unspecified atom stereocenters. The highest BCUT2D eigenvalue weighted by atomic mass is 32.2. The second-order valence-corrected chi connectivity index (χ2v) is 8.22. The van der Waals surface area contributed by atoms with E-state index in [1.807, 2.05) is 25.1 Å². The third-order valence-electron chi connectivity index (χ3n) is 4.68. The molecule has 0 bridgehead atoms. The highest BCUT2D eigenvalue weighted by Gasteiger charge is 2.18. The van der Waals surface area contributed by atoms with Crippen LogP contribution in [0.3, 0.4) is 0 Å². The number of aromatic nitrogens is 2. The van der Waals surface area contributed by atoms with E-state index in [1.165, 1.54) is 12.8 Å². The van der Waals surface area contributed by atoms with Crippen LogP contribution in [-0.4, -0.2) is 31.7 Å². The molecule has 1 aromatic heterocycles. The quantitative estimate of drug-likeness (QED) is 0.905. The van der Waals surface area contributed by atoms with Crippen LogP contribution >= 0.6 is 0 Å². The Hall–Kier alpha value is -1.99. The predicted octanol–water partition coefficient (Wildman–Crippen LogP) is 2.59. The Morgan fingerprint density at radius 1 is 1.24 bits per heavy atom. The monoisotopic (exact) mass is 360 g/mol. The molecule has 1 aliphatic rings. The lowest BCUT2D eigenvalue weighted by Crippen LogP contribution is -2.34. The lowest BCUT2D eigenvalue weighted by molar-refractivity contribution is 0.444. The maximum atomic E-state index is 11.8. The Bertz CT molecular complexity index is 850. The van der Waals surface area contributed by atoms with Crippen molar-refractivity contribution >= 4 is 15.8 Å². The molecule has 1 fully saturated rings. The minimum absolute atomic E-state index is 0.156. The summed E-state index contributed by atoms with van der Waals surface area (Å²) in [6.07, 6.45) is 3.02. The molecule has 0 spiro atoms. The Kier molecular flexibility index (Phi) is 5.06. The van der Waals surface area contributed by atoms with Gasteiger partial charge in [-0.1, -0.05) is 26.0 Å². The van der Waals surface area contributed by atoms with Crippen molar-refractivity contribution in [2.75, 3.05) is 18.0 Å². The van der Waals surface area contributed by atoms with E-state index in [9.17, 15) is 8.42 Å². The van der Waals surface area contributed by atoms with Gasteiger partial charge in [0.25, 0.3) is 0 Å². The zero-order chi connectivity index (χ0) is 18.0. The molecular weight excluding hydrogens is 336 g/mol. The summed E-state index contributed by atoms with van der Waals surface area (Å²) in [5.41, 5.74) is 2.05. The van der Waals surface area contributed by atoms with Crippen LogP contribution in [0.25, 0.3) is 11.3 Å². The Morgan fingerprint density at radius 3 is 2.64 bits per heavy atom. The number of anilines is 1. The molecule has 2 heterocycles. The van der Waals surface area contributed by atoms with Gasteiger partial charge >= 0.3 is 0 Å². The van der Waals surface area contributed by atoms with Crippen LogP contribution < -0.4 is 10.0 Å². The average molecular weight is 360 g/mol. The van der Waals surface area contributed by atoms with Gasteiger partial charge in [0.1, 0.15) is 0 Å². The van der Waals surface area contributed by atoms with E-state index in [4.69, 9.17) is 5.14 Å². The molecule has 3 rings (SSSR count). The number of sulfonamides is 1. The molecule has 1 aliphatic heterocycles. The van der Waals surface area contributed by atoms with Crippen LogP contribution in [0, 0.1) is 5.92 Å². The van der Waals surface area contributed by atoms with E-state index in [-0.39, 0.29) is 4.90 Å². The van der Waals surface area contributed by atoms with Crippen molar-refractivity contribution in [3.8, 4) is 11.3 Å². The largest absolute Gasteiger partial charge is 0.355 e. The van der Waals surface area contributed by atoms with E-state index < -0.39 is 10.0 Å². The zero-order valence-electron chi connectivity index (χ0n) is 14.6. The van der Waals surface area contributed by atoms with E-state index in [0.29, 0.717) is 29.2 Å². The molecule has 2 aromatic rings. The van der Waals surface area contributed by atoms with Crippen LogP contribution in [0.15, 0.2) is 35.2 Å². The highest BCUT2D eigenvalue weighted by Crippen LogP contribution is 2.26. The summed E-state index contributed by atoms with van der Waals surface area (Å²) in [6, 6.07) is 9.07. The van der Waals surface area contributed by atoms with Gasteiger partial charge in [-0.25, -0.2) is 13.6 Å². The number of aryl methyl sites for hydroxylation is 1. The van der Waals surface area contributed by atoms with Gasteiger partial charge < -0.3 is 4.90 Å². The summed E-state index contributed by atoms with van der Waals surface area (Å²) in [7, 11) is -3.76. The Labute approximate surface area is 149 Å². The van der Waals surface area contributed by atoms with E-state index >= 15 is 0 Å². The van der Waals surface area contributed by atoms with Gasteiger partial charge in [0.05, 0.1) is 10.6 Å². The molecule has 1 aromatic carbocycles. The number of nitrogens with two attached hydrogens (primary N) is 1. The lowest BCUT2D eigenvalue weighted by Gasteiger charge is -2.31. The maximum Gasteiger partial charge on any atom is 0.238 e. The SMILES string of the molecule is CCc1ccc(-c2ccc(N3CCC[C@H](C)C3)nn2)cc1S(N)(=O)=O. The van der Waals surface area contributed by atoms with Gasteiger partial charge in [0.15, 0.2) is 5.82 Å². The smallest absolute Gasteiger partial charge is 0.238 e. The molecule has 1 atom stereocenters. The van der Waals surface area contributed by atoms with Gasteiger partial charge in [-0.3, -0.25) is 0 Å². The fourth-order valence-electron chi connectivity index (χ4n) is 3.32. The molecule has 0 aliphatic carbocycles. The predicted molar refractivity (Wildman–Crippen MR) is 98.8 cm³/mol. The van der Waals surface area contributed by atoms with Gasteiger partial charge in [0, 0.05) is 18.7 Å². The Balaban J connectivity index is 1.90. The first-order valence-electron chi connectivity index (χ1n) is 8.63. The number of hydrogen-bond acceptors (Lipinski definition) is 5. The standard InChI is InChI=1S/C18H24N4O2S/c1-3-14-6-7-15(11-17(14)25(19,23)24)16-8-9-18(21-20-16)22-10-4-5-13(2)12-22/h6-9,11,13H,3-5,10,12H2,1-2H3,(H2,19,23,24)/t13-/m0/s1. The molecule has 0 saturated carbocycles. The number of hydrogen-bond donors (Lipinski definition) is 1. The van der Waals surface area contributed by atoms with Crippen molar-refractivity contribution in [2.24, 2.45) is 11.1 Å². The minimum Gasteiger partial charge on any atom is -0.355 e. The third kappa shape index (κ3) is 3.99. The summed E-state index contributed by atoms with van der Waals surface area (Å²) in [5, 5.41) is 14.0. The molecule has 2 N–H and O–H groups in total. The van der Waals surface area contributed by atoms with Crippen molar-refractivity contribution in [1.82, 2.24) is 10.2 Å². The van der Waals surface area contributed by atoms with Crippen LogP contribution in [0.1, 0.15) is 32.3 Å². The number of nitrogens with zero attached hydrogens (tertiary/aromatic N) is 3. The summed E-state index contributed by atoms with van der Waals surface area (Å²) < 4.78 is 23.6. The van der Waals surface area contributed by atoms with Crippen LogP contribution in [0.4, 0.5) is 5.82 Å². The second-order valence-electron chi connectivity index (χ2n) is 6.69. The molecule has 1 saturated heterocycles.